The molecule has 1 N–H and O–H groups in total. The van der Waals surface area contributed by atoms with Crippen LogP contribution in [0.3, 0.4) is 0 Å². The van der Waals surface area contributed by atoms with Crippen LogP contribution < -0.4 is 5.32 Å². The predicted molar refractivity (Wildman–Crippen MR) is 87.1 cm³/mol. The zero-order chi connectivity index (χ0) is 14.0. The maximum absolute atomic E-state index is 3.60. The fraction of sp³-hybridized carbons (Fsp3) is 0.474. The fourth-order valence-corrected chi connectivity index (χ4v) is 3.92. The van der Waals surface area contributed by atoms with Crippen LogP contribution in [0.5, 0.6) is 0 Å². The molecule has 1 aliphatic rings. The van der Waals surface area contributed by atoms with E-state index in [0.29, 0.717) is 11.5 Å². The lowest BCUT2D eigenvalue weighted by Crippen LogP contribution is -2.41. The Balaban J connectivity index is 1.91. The van der Waals surface area contributed by atoms with Gasteiger partial charge >= 0.3 is 0 Å². The summed E-state index contributed by atoms with van der Waals surface area (Å²) in [7, 11) is 2.12. The van der Waals surface area contributed by atoms with Gasteiger partial charge < -0.3 is 5.32 Å². The molecule has 0 heterocycles. The SMILES string of the molecule is CNC(Cc1cccc2ccccc12)C1(C)CCCC1. The third-order valence-electron chi connectivity index (χ3n) is 5.24. The van der Waals surface area contributed by atoms with E-state index >= 15 is 0 Å². The first-order chi connectivity index (χ1) is 9.73. The zero-order valence-corrected chi connectivity index (χ0v) is 12.7. The Kier molecular flexibility index (Phi) is 3.80. The summed E-state index contributed by atoms with van der Waals surface area (Å²) in [4.78, 5) is 0. The highest BCUT2D eigenvalue weighted by Crippen LogP contribution is 2.41. The van der Waals surface area contributed by atoms with Gasteiger partial charge in [0, 0.05) is 6.04 Å². The first kappa shape index (κ1) is 13.6. The molecule has 0 spiro atoms. The number of rotatable bonds is 4. The van der Waals surface area contributed by atoms with Crippen molar-refractivity contribution >= 4 is 10.8 Å². The van der Waals surface area contributed by atoms with Gasteiger partial charge in [0.15, 0.2) is 0 Å². The molecule has 1 nitrogen and oxygen atoms in total. The molecular formula is C19H25N. The minimum absolute atomic E-state index is 0.464. The van der Waals surface area contributed by atoms with Crippen LogP contribution >= 0.6 is 0 Å². The van der Waals surface area contributed by atoms with Crippen molar-refractivity contribution in [2.45, 2.75) is 45.1 Å². The Hall–Kier alpha value is -1.34. The number of hydrogen-bond acceptors (Lipinski definition) is 1. The van der Waals surface area contributed by atoms with E-state index in [-0.39, 0.29) is 0 Å². The maximum Gasteiger partial charge on any atom is 0.0158 e. The molecule has 0 amide bonds. The highest BCUT2D eigenvalue weighted by molar-refractivity contribution is 5.85. The van der Waals surface area contributed by atoms with Gasteiger partial charge in [0.25, 0.3) is 0 Å². The fourth-order valence-electron chi connectivity index (χ4n) is 3.92. The predicted octanol–water partition coefficient (Wildman–Crippen LogP) is 4.55. The van der Waals surface area contributed by atoms with Crippen LogP contribution in [0, 0.1) is 5.41 Å². The number of hydrogen-bond donors (Lipinski definition) is 1. The molecule has 20 heavy (non-hydrogen) atoms. The molecule has 2 aromatic carbocycles. The molecule has 1 atom stereocenters. The summed E-state index contributed by atoms with van der Waals surface area (Å²) in [6.45, 7) is 2.46. The summed E-state index contributed by atoms with van der Waals surface area (Å²) in [6, 6.07) is 16.0. The minimum atomic E-state index is 0.464. The Morgan fingerprint density at radius 1 is 1.05 bits per heavy atom. The molecule has 0 radical (unpaired) electrons. The molecule has 106 valence electrons. The van der Waals surface area contributed by atoms with Gasteiger partial charge in [-0.15, -0.1) is 0 Å². The van der Waals surface area contributed by atoms with E-state index in [0.717, 1.165) is 6.42 Å². The average molecular weight is 267 g/mol. The molecule has 0 bridgehead atoms. The van der Waals surface area contributed by atoms with Crippen LogP contribution in [0.2, 0.25) is 0 Å². The summed E-state index contributed by atoms with van der Waals surface area (Å²) in [6.07, 6.45) is 6.65. The molecule has 0 aliphatic heterocycles. The van der Waals surface area contributed by atoms with Crippen LogP contribution in [0.4, 0.5) is 0 Å². The van der Waals surface area contributed by atoms with E-state index in [1.807, 2.05) is 0 Å². The van der Waals surface area contributed by atoms with Crippen LogP contribution in [0.15, 0.2) is 42.5 Å². The van der Waals surface area contributed by atoms with Crippen molar-refractivity contribution in [1.82, 2.24) is 5.32 Å². The molecule has 3 rings (SSSR count). The third-order valence-corrected chi connectivity index (χ3v) is 5.24. The molecule has 1 unspecified atom stereocenters. The monoisotopic (exact) mass is 267 g/mol. The van der Waals surface area contributed by atoms with Gasteiger partial charge in [-0.1, -0.05) is 62.2 Å². The van der Waals surface area contributed by atoms with E-state index in [2.05, 4.69) is 61.8 Å². The van der Waals surface area contributed by atoms with E-state index < -0.39 is 0 Å². The van der Waals surface area contributed by atoms with E-state index in [9.17, 15) is 0 Å². The molecule has 1 heteroatoms. The second-order valence-corrected chi connectivity index (χ2v) is 6.54. The van der Waals surface area contributed by atoms with Crippen LogP contribution in [-0.2, 0) is 6.42 Å². The van der Waals surface area contributed by atoms with Gasteiger partial charge in [0.1, 0.15) is 0 Å². The van der Waals surface area contributed by atoms with Gasteiger partial charge in [-0.2, -0.15) is 0 Å². The lowest BCUT2D eigenvalue weighted by atomic mass is 9.77. The summed E-state index contributed by atoms with van der Waals surface area (Å²) in [5.74, 6) is 0. The molecule has 2 aromatic rings. The molecule has 1 aliphatic carbocycles. The highest BCUT2D eigenvalue weighted by atomic mass is 14.9. The van der Waals surface area contributed by atoms with Crippen molar-refractivity contribution in [1.29, 1.82) is 0 Å². The number of fused-ring (bicyclic) bond motifs is 1. The first-order valence-electron chi connectivity index (χ1n) is 7.87. The Labute approximate surface area is 122 Å². The van der Waals surface area contributed by atoms with Crippen molar-refractivity contribution in [2.24, 2.45) is 5.41 Å². The molecule has 1 fully saturated rings. The van der Waals surface area contributed by atoms with E-state index in [1.165, 1.54) is 42.0 Å². The van der Waals surface area contributed by atoms with Crippen LogP contribution in [-0.4, -0.2) is 13.1 Å². The Morgan fingerprint density at radius 2 is 1.75 bits per heavy atom. The highest BCUT2D eigenvalue weighted by Gasteiger charge is 2.36. The Morgan fingerprint density at radius 3 is 2.50 bits per heavy atom. The van der Waals surface area contributed by atoms with Crippen LogP contribution in [0.25, 0.3) is 10.8 Å². The molecule has 1 saturated carbocycles. The van der Waals surface area contributed by atoms with Gasteiger partial charge in [-0.25, -0.2) is 0 Å². The summed E-state index contributed by atoms with van der Waals surface area (Å²) in [5, 5.41) is 6.37. The molecule has 0 saturated heterocycles. The second kappa shape index (κ2) is 5.57. The standard InChI is InChI=1S/C19H25N/c1-19(12-5-6-13-19)18(20-2)14-16-10-7-9-15-8-3-4-11-17(15)16/h3-4,7-11,18,20H,5-6,12-14H2,1-2H3. The third kappa shape index (κ3) is 2.47. The smallest absolute Gasteiger partial charge is 0.0158 e. The first-order valence-corrected chi connectivity index (χ1v) is 7.87. The topological polar surface area (TPSA) is 12.0 Å². The normalized spacial score (nSPS) is 19.3. The molecular weight excluding hydrogens is 242 g/mol. The molecule has 0 aromatic heterocycles. The van der Waals surface area contributed by atoms with Crippen molar-refractivity contribution in [3.05, 3.63) is 48.0 Å². The van der Waals surface area contributed by atoms with Crippen molar-refractivity contribution in [3.63, 3.8) is 0 Å². The van der Waals surface area contributed by atoms with Gasteiger partial charge in [-0.05, 0) is 48.1 Å². The quantitative estimate of drug-likeness (QED) is 0.857. The lowest BCUT2D eigenvalue weighted by molar-refractivity contribution is 0.230. The van der Waals surface area contributed by atoms with Gasteiger partial charge in [0.2, 0.25) is 0 Å². The zero-order valence-electron chi connectivity index (χ0n) is 12.7. The lowest BCUT2D eigenvalue weighted by Gasteiger charge is -2.34. The summed E-state index contributed by atoms with van der Waals surface area (Å²) < 4.78 is 0. The average Bonchev–Trinajstić information content (AvgIpc) is 2.92. The number of likely N-dealkylation sites (N-methyl/N-ethyl adjacent to an activating group) is 1. The number of benzene rings is 2. The summed E-state index contributed by atoms with van der Waals surface area (Å²) >= 11 is 0. The maximum atomic E-state index is 3.60. The van der Waals surface area contributed by atoms with Crippen molar-refractivity contribution < 1.29 is 0 Å². The van der Waals surface area contributed by atoms with E-state index in [1.54, 1.807) is 0 Å². The van der Waals surface area contributed by atoms with Crippen molar-refractivity contribution in [3.8, 4) is 0 Å². The van der Waals surface area contributed by atoms with Crippen LogP contribution in [0.1, 0.15) is 38.2 Å². The number of nitrogens with one attached hydrogen (secondary N) is 1. The van der Waals surface area contributed by atoms with Crippen molar-refractivity contribution in [2.75, 3.05) is 7.05 Å². The van der Waals surface area contributed by atoms with Gasteiger partial charge in [0.05, 0.1) is 0 Å². The van der Waals surface area contributed by atoms with Gasteiger partial charge in [-0.3, -0.25) is 0 Å². The minimum Gasteiger partial charge on any atom is -0.316 e. The summed E-state index contributed by atoms with van der Waals surface area (Å²) in [5.41, 5.74) is 1.95. The van der Waals surface area contributed by atoms with E-state index in [4.69, 9.17) is 0 Å². The second-order valence-electron chi connectivity index (χ2n) is 6.54. The Bertz CT molecular complexity index is 576. The largest absolute Gasteiger partial charge is 0.316 e.